The van der Waals surface area contributed by atoms with Gasteiger partial charge in [0, 0.05) is 24.8 Å². The Morgan fingerprint density at radius 3 is 2.27 bits per heavy atom. The van der Waals surface area contributed by atoms with Crippen LogP contribution >= 0.6 is 0 Å². The molecule has 1 aliphatic rings. The molecule has 1 rings (SSSR count). The Labute approximate surface area is 164 Å². The lowest BCUT2D eigenvalue weighted by Gasteiger charge is -2.26. The van der Waals surface area contributed by atoms with Gasteiger partial charge in [-0.05, 0) is 50.9 Å². The molecule has 0 aliphatic heterocycles. The highest BCUT2D eigenvalue weighted by atomic mass is 14.2. The van der Waals surface area contributed by atoms with E-state index < -0.39 is 0 Å². The molecule has 0 heteroatoms. The summed E-state index contributed by atoms with van der Waals surface area (Å²) in [7, 11) is 0. The van der Waals surface area contributed by atoms with Crippen molar-refractivity contribution in [1.82, 2.24) is 0 Å². The van der Waals surface area contributed by atoms with Crippen molar-refractivity contribution in [3.63, 3.8) is 0 Å². The highest BCUT2D eigenvalue weighted by molar-refractivity contribution is 5.36. The second kappa shape index (κ2) is 16.1. The molecular formula is C26H42. The van der Waals surface area contributed by atoms with Crippen LogP contribution in [0.25, 0.3) is 0 Å². The first-order chi connectivity index (χ1) is 12.8. The maximum Gasteiger partial charge on any atom is 0.0155 e. The molecule has 0 spiro atoms. The standard InChI is InChI=1S/C26H42/c1-4-7-10-13-16-21-25-22-17-18-23-26(25)24(19-14-11-8-5-2)20-15-12-9-6-3/h25H,4-12,14,17-19,21-23H2,1-3H3/b26-24-. The summed E-state index contributed by atoms with van der Waals surface area (Å²) in [6.07, 6.45) is 20.0. The van der Waals surface area contributed by atoms with E-state index in [4.69, 9.17) is 0 Å². The van der Waals surface area contributed by atoms with E-state index >= 15 is 0 Å². The normalized spacial score (nSPS) is 18.5. The van der Waals surface area contributed by atoms with Crippen LogP contribution in [0.5, 0.6) is 0 Å². The van der Waals surface area contributed by atoms with E-state index in [1.54, 1.807) is 5.57 Å². The Bertz CT molecular complexity index is 500. The molecule has 0 N–H and O–H groups in total. The van der Waals surface area contributed by atoms with E-state index in [2.05, 4.69) is 44.5 Å². The minimum absolute atomic E-state index is 0.680. The molecule has 0 nitrogen and oxygen atoms in total. The van der Waals surface area contributed by atoms with Gasteiger partial charge in [0.05, 0.1) is 0 Å². The molecule has 1 aliphatic carbocycles. The minimum Gasteiger partial charge on any atom is -0.103 e. The zero-order chi connectivity index (χ0) is 18.9. The van der Waals surface area contributed by atoms with Crippen molar-refractivity contribution in [3.8, 4) is 23.7 Å². The monoisotopic (exact) mass is 354 g/mol. The fourth-order valence-corrected chi connectivity index (χ4v) is 3.72. The molecule has 0 radical (unpaired) electrons. The first-order valence-corrected chi connectivity index (χ1v) is 11.5. The molecule has 0 aromatic heterocycles. The van der Waals surface area contributed by atoms with Crippen LogP contribution in [0.3, 0.4) is 0 Å². The molecule has 1 atom stereocenters. The fraction of sp³-hybridized carbons (Fsp3) is 0.769. The quantitative estimate of drug-likeness (QED) is 0.274. The highest BCUT2D eigenvalue weighted by Crippen LogP contribution is 2.35. The van der Waals surface area contributed by atoms with Crippen LogP contribution in [-0.2, 0) is 0 Å². The van der Waals surface area contributed by atoms with Crippen LogP contribution in [0, 0.1) is 29.6 Å². The van der Waals surface area contributed by atoms with Gasteiger partial charge < -0.3 is 0 Å². The van der Waals surface area contributed by atoms with Gasteiger partial charge in [-0.3, -0.25) is 0 Å². The second-order valence-electron chi connectivity index (χ2n) is 7.82. The summed E-state index contributed by atoms with van der Waals surface area (Å²) in [5.41, 5.74) is 3.18. The Morgan fingerprint density at radius 2 is 1.54 bits per heavy atom. The first kappa shape index (κ1) is 22.9. The van der Waals surface area contributed by atoms with Gasteiger partial charge in [0.2, 0.25) is 0 Å². The molecule has 0 aromatic carbocycles. The van der Waals surface area contributed by atoms with Crippen molar-refractivity contribution in [2.75, 3.05) is 0 Å². The Kier molecular flexibility index (Phi) is 14.1. The summed E-state index contributed by atoms with van der Waals surface area (Å²) >= 11 is 0. The van der Waals surface area contributed by atoms with Gasteiger partial charge >= 0.3 is 0 Å². The average molecular weight is 355 g/mol. The van der Waals surface area contributed by atoms with Gasteiger partial charge in [-0.2, -0.15) is 0 Å². The van der Waals surface area contributed by atoms with Crippen molar-refractivity contribution in [3.05, 3.63) is 11.1 Å². The van der Waals surface area contributed by atoms with Crippen molar-refractivity contribution in [1.29, 1.82) is 0 Å². The van der Waals surface area contributed by atoms with E-state index in [0.29, 0.717) is 5.92 Å². The molecule has 1 unspecified atom stereocenters. The second-order valence-corrected chi connectivity index (χ2v) is 7.82. The van der Waals surface area contributed by atoms with Crippen molar-refractivity contribution >= 4 is 0 Å². The van der Waals surface area contributed by atoms with Gasteiger partial charge in [-0.25, -0.2) is 0 Å². The summed E-state index contributed by atoms with van der Waals surface area (Å²) in [6, 6.07) is 0. The van der Waals surface area contributed by atoms with E-state index in [1.807, 2.05) is 0 Å². The molecule has 26 heavy (non-hydrogen) atoms. The predicted molar refractivity (Wildman–Crippen MR) is 117 cm³/mol. The van der Waals surface area contributed by atoms with Crippen LogP contribution in [0.4, 0.5) is 0 Å². The Balaban J connectivity index is 2.81. The first-order valence-electron chi connectivity index (χ1n) is 11.5. The molecule has 1 fully saturated rings. The molecule has 0 aromatic rings. The summed E-state index contributed by atoms with van der Waals surface area (Å²) in [4.78, 5) is 0. The Hall–Kier alpha value is -1.14. The van der Waals surface area contributed by atoms with E-state index in [9.17, 15) is 0 Å². The molecule has 0 bridgehead atoms. The molecular weight excluding hydrogens is 312 g/mol. The zero-order valence-corrected chi connectivity index (χ0v) is 17.9. The lowest BCUT2D eigenvalue weighted by molar-refractivity contribution is 0.455. The molecule has 1 saturated carbocycles. The fourth-order valence-electron chi connectivity index (χ4n) is 3.72. The summed E-state index contributed by atoms with van der Waals surface area (Å²) < 4.78 is 0. The number of hydrogen-bond acceptors (Lipinski definition) is 0. The van der Waals surface area contributed by atoms with Gasteiger partial charge in [0.25, 0.3) is 0 Å². The van der Waals surface area contributed by atoms with Crippen molar-refractivity contribution in [2.24, 2.45) is 5.92 Å². The molecule has 0 amide bonds. The van der Waals surface area contributed by atoms with Gasteiger partial charge in [0.1, 0.15) is 0 Å². The third kappa shape index (κ3) is 10.1. The van der Waals surface area contributed by atoms with Gasteiger partial charge in [0.15, 0.2) is 0 Å². The van der Waals surface area contributed by atoms with Crippen LogP contribution in [0.2, 0.25) is 0 Å². The predicted octanol–water partition coefficient (Wildman–Crippen LogP) is 8.22. The third-order valence-corrected chi connectivity index (χ3v) is 5.43. The number of hydrogen-bond donors (Lipinski definition) is 0. The molecule has 0 saturated heterocycles. The minimum atomic E-state index is 0.680. The van der Waals surface area contributed by atoms with E-state index in [0.717, 1.165) is 19.3 Å². The average Bonchev–Trinajstić information content (AvgIpc) is 2.67. The van der Waals surface area contributed by atoms with Crippen molar-refractivity contribution in [2.45, 2.75) is 124 Å². The smallest absolute Gasteiger partial charge is 0.0155 e. The number of unbranched alkanes of at least 4 members (excludes halogenated alkanes) is 7. The summed E-state index contributed by atoms with van der Waals surface area (Å²) in [5.74, 6) is 14.7. The van der Waals surface area contributed by atoms with Crippen LogP contribution in [-0.4, -0.2) is 0 Å². The van der Waals surface area contributed by atoms with E-state index in [1.165, 1.54) is 89.0 Å². The third-order valence-electron chi connectivity index (χ3n) is 5.43. The zero-order valence-electron chi connectivity index (χ0n) is 17.9. The van der Waals surface area contributed by atoms with E-state index in [-0.39, 0.29) is 0 Å². The molecule has 0 heterocycles. The maximum atomic E-state index is 3.62. The summed E-state index contributed by atoms with van der Waals surface area (Å²) in [6.45, 7) is 6.78. The van der Waals surface area contributed by atoms with Crippen LogP contribution < -0.4 is 0 Å². The Morgan fingerprint density at radius 1 is 0.808 bits per heavy atom. The highest BCUT2D eigenvalue weighted by Gasteiger charge is 2.20. The lowest BCUT2D eigenvalue weighted by Crippen LogP contribution is -2.12. The lowest BCUT2D eigenvalue weighted by atomic mass is 9.79. The number of allylic oxidation sites excluding steroid dienone is 2. The summed E-state index contributed by atoms with van der Waals surface area (Å²) in [5, 5.41) is 0. The largest absolute Gasteiger partial charge is 0.103 e. The van der Waals surface area contributed by atoms with Crippen molar-refractivity contribution < 1.29 is 0 Å². The van der Waals surface area contributed by atoms with Gasteiger partial charge in [-0.1, -0.05) is 76.7 Å². The topological polar surface area (TPSA) is 0 Å². The van der Waals surface area contributed by atoms with Crippen LogP contribution in [0.15, 0.2) is 11.1 Å². The van der Waals surface area contributed by atoms with Gasteiger partial charge in [-0.15, -0.1) is 11.8 Å². The number of rotatable bonds is 10. The maximum absolute atomic E-state index is 3.62. The van der Waals surface area contributed by atoms with Crippen LogP contribution in [0.1, 0.15) is 124 Å². The SMILES string of the molecule is CCCCC#CCC1CCCC/C1=C(/C#CCCCC)CCCCCC. The molecule has 146 valence electrons.